The molecule has 11 heteroatoms. The van der Waals surface area contributed by atoms with Crippen LogP contribution in [0.3, 0.4) is 0 Å². The van der Waals surface area contributed by atoms with E-state index in [4.69, 9.17) is 16.6 Å². The van der Waals surface area contributed by atoms with Crippen LogP contribution >= 0.6 is 11.6 Å². The van der Waals surface area contributed by atoms with E-state index in [1.165, 1.54) is 16.7 Å². The molecule has 3 aromatic rings. The predicted octanol–water partition coefficient (Wildman–Crippen LogP) is 2.77. The maximum atomic E-state index is 12.5. The number of piperazine rings is 1. The van der Waals surface area contributed by atoms with Crippen molar-refractivity contribution in [2.24, 2.45) is 0 Å². The van der Waals surface area contributed by atoms with Crippen LogP contribution in [0.15, 0.2) is 49.1 Å². The number of fused-ring (bicyclic) bond motifs is 2. The van der Waals surface area contributed by atoms with Gasteiger partial charge in [0.15, 0.2) is 0 Å². The van der Waals surface area contributed by atoms with Gasteiger partial charge in [0, 0.05) is 50.1 Å². The lowest BCUT2D eigenvalue weighted by molar-refractivity contribution is -0.144. The van der Waals surface area contributed by atoms with E-state index in [0.717, 1.165) is 68.1 Å². The highest BCUT2D eigenvalue weighted by molar-refractivity contribution is 6.30. The first kappa shape index (κ1) is 30.7. The van der Waals surface area contributed by atoms with Gasteiger partial charge in [0.2, 0.25) is 6.41 Å². The number of amides is 2. The highest BCUT2D eigenvalue weighted by Crippen LogP contribution is 2.39. The fourth-order valence-corrected chi connectivity index (χ4v) is 7.02. The van der Waals surface area contributed by atoms with E-state index in [-0.39, 0.29) is 11.9 Å². The topological polar surface area (TPSA) is 115 Å². The summed E-state index contributed by atoms with van der Waals surface area (Å²) in [6, 6.07) is 10.4. The van der Waals surface area contributed by atoms with E-state index in [1.54, 1.807) is 11.2 Å². The Bertz CT molecular complexity index is 1500. The number of halogens is 1. The number of hydrogen-bond donors (Lipinski definition) is 2. The van der Waals surface area contributed by atoms with Crippen molar-refractivity contribution < 1.29 is 19.8 Å². The molecule has 234 valence electrons. The van der Waals surface area contributed by atoms with Crippen LogP contribution in [0.25, 0.3) is 0 Å². The van der Waals surface area contributed by atoms with E-state index in [1.807, 2.05) is 40.9 Å². The molecule has 0 radical (unpaired) electrons. The van der Waals surface area contributed by atoms with Gasteiger partial charge < -0.3 is 24.6 Å². The fourth-order valence-electron chi connectivity index (χ4n) is 6.83. The minimum atomic E-state index is -1.08. The van der Waals surface area contributed by atoms with Crippen molar-refractivity contribution in [1.82, 2.24) is 29.2 Å². The van der Waals surface area contributed by atoms with E-state index >= 15 is 0 Å². The number of aromatic nitrogens is 3. The largest absolute Gasteiger partial charge is 0.386 e. The van der Waals surface area contributed by atoms with Crippen molar-refractivity contribution in [1.29, 1.82) is 0 Å². The maximum Gasteiger partial charge on any atom is 0.254 e. The summed E-state index contributed by atoms with van der Waals surface area (Å²) in [5, 5.41) is 21.3. The van der Waals surface area contributed by atoms with Gasteiger partial charge in [-0.1, -0.05) is 23.7 Å². The van der Waals surface area contributed by atoms with Gasteiger partial charge in [0.25, 0.3) is 5.91 Å². The molecular weight excluding hydrogens is 580 g/mol. The summed E-state index contributed by atoms with van der Waals surface area (Å²) in [6.07, 6.45) is 11.0. The molecule has 2 aliphatic carbocycles. The van der Waals surface area contributed by atoms with Crippen molar-refractivity contribution in [3.05, 3.63) is 82.2 Å². The van der Waals surface area contributed by atoms with Crippen molar-refractivity contribution >= 4 is 23.9 Å². The van der Waals surface area contributed by atoms with Gasteiger partial charge in [-0.25, -0.2) is 4.98 Å². The number of imidazole rings is 1. The molecule has 4 heterocycles. The van der Waals surface area contributed by atoms with Crippen LogP contribution in [0.4, 0.5) is 0 Å². The molecule has 1 saturated carbocycles. The number of aliphatic hydroxyl groups is 2. The Hall–Kier alpha value is -3.31. The molecule has 2 aromatic heterocycles. The van der Waals surface area contributed by atoms with Crippen molar-refractivity contribution in [2.45, 2.75) is 69.2 Å². The van der Waals surface area contributed by atoms with Crippen LogP contribution in [0.1, 0.15) is 59.8 Å². The minimum absolute atomic E-state index is 0.0761. The Morgan fingerprint density at radius 1 is 1.05 bits per heavy atom. The number of benzene rings is 1. The fraction of sp³-hybridized carbons (Fsp3) is 0.515. The third-order valence-electron chi connectivity index (χ3n) is 9.31. The number of hydrogen-bond acceptors (Lipinski definition) is 7. The molecule has 2 saturated heterocycles. The molecule has 10 nitrogen and oxygen atoms in total. The average Bonchev–Trinajstić information content (AvgIpc) is 3.69. The number of β-amino-alcohol motifs (C(OH)–C–C–N with tert-alkyl or cyclic N) is 1. The zero-order valence-electron chi connectivity index (χ0n) is 25.2. The van der Waals surface area contributed by atoms with Gasteiger partial charge in [0.05, 0.1) is 36.8 Å². The Balaban J connectivity index is 0.000000182. The minimum Gasteiger partial charge on any atom is -0.386 e. The Kier molecular flexibility index (Phi) is 8.79. The molecule has 0 spiro atoms. The lowest BCUT2D eigenvalue weighted by Crippen LogP contribution is -2.53. The lowest BCUT2D eigenvalue weighted by atomic mass is 9.93. The quantitative estimate of drug-likeness (QED) is 0.422. The van der Waals surface area contributed by atoms with Gasteiger partial charge in [0.1, 0.15) is 11.2 Å². The normalized spacial score (nSPS) is 24.3. The Labute approximate surface area is 263 Å². The highest BCUT2D eigenvalue weighted by Gasteiger charge is 2.50. The molecule has 2 N–H and O–H groups in total. The highest BCUT2D eigenvalue weighted by atomic mass is 35.5. The smallest absolute Gasteiger partial charge is 0.254 e. The maximum absolute atomic E-state index is 12.5. The SMILES string of the molecule is Cc1cn(CC2(O)CCCN(C=O)C2)cn1.O=C(N1CCN(C2c3ccc(Cl)cc3CCc3cccnc32)CC1)C1(O)CC1. The molecule has 2 atom stereocenters. The Morgan fingerprint density at radius 2 is 1.82 bits per heavy atom. The first-order valence-corrected chi connectivity index (χ1v) is 15.9. The van der Waals surface area contributed by atoms with E-state index < -0.39 is 11.2 Å². The first-order chi connectivity index (χ1) is 21.2. The summed E-state index contributed by atoms with van der Waals surface area (Å²) >= 11 is 6.28. The average molecular weight is 621 g/mol. The second-order valence-electron chi connectivity index (χ2n) is 12.7. The molecule has 3 fully saturated rings. The number of likely N-dealkylation sites (tertiary alicyclic amines) is 1. The zero-order chi connectivity index (χ0) is 30.9. The van der Waals surface area contributed by atoms with Gasteiger partial charge in [-0.3, -0.25) is 19.5 Å². The number of carbonyl (C=O) groups excluding carboxylic acids is 2. The molecule has 4 aliphatic rings. The molecule has 2 aliphatic heterocycles. The van der Waals surface area contributed by atoms with E-state index in [9.17, 15) is 19.8 Å². The molecule has 7 rings (SSSR count). The standard InChI is InChI=1S/C22H24ClN3O2.C11H17N3O2/c23-17-5-6-18-16(14-17)4-3-15-2-1-9-24-19(15)20(18)25-10-12-26(13-11-25)21(27)22(28)7-8-22;1-10-5-14(8-12-10)7-11(16)3-2-4-13(6-11)9-15/h1-2,5-6,9,14,20,28H,3-4,7-8,10-13H2;5,8-9,16H,2-4,6-7H2,1H3. The van der Waals surface area contributed by atoms with Gasteiger partial charge >= 0.3 is 0 Å². The second-order valence-corrected chi connectivity index (χ2v) is 13.2. The molecular formula is C33H41ClN6O4. The third kappa shape index (κ3) is 6.68. The van der Waals surface area contributed by atoms with Gasteiger partial charge in [-0.2, -0.15) is 0 Å². The first-order valence-electron chi connectivity index (χ1n) is 15.5. The summed E-state index contributed by atoms with van der Waals surface area (Å²) in [5.74, 6) is -0.0984. The van der Waals surface area contributed by atoms with Gasteiger partial charge in [-0.05, 0) is 80.3 Å². The summed E-state index contributed by atoms with van der Waals surface area (Å²) in [7, 11) is 0. The number of piperidine rings is 1. The van der Waals surface area contributed by atoms with Crippen LogP contribution in [0.5, 0.6) is 0 Å². The zero-order valence-corrected chi connectivity index (χ0v) is 26.0. The number of aryl methyl sites for hydroxylation is 3. The van der Waals surface area contributed by atoms with Crippen LogP contribution in [0.2, 0.25) is 5.02 Å². The monoisotopic (exact) mass is 620 g/mol. The van der Waals surface area contributed by atoms with Crippen LogP contribution in [-0.2, 0) is 29.0 Å². The Morgan fingerprint density at radius 3 is 2.52 bits per heavy atom. The van der Waals surface area contributed by atoms with Crippen LogP contribution in [0, 0.1) is 6.92 Å². The van der Waals surface area contributed by atoms with E-state index in [2.05, 4.69) is 28.1 Å². The number of rotatable bonds is 5. The number of nitrogens with zero attached hydrogens (tertiary/aromatic N) is 6. The summed E-state index contributed by atoms with van der Waals surface area (Å²) in [6.45, 7) is 6.39. The molecule has 0 bridgehead atoms. The third-order valence-corrected chi connectivity index (χ3v) is 9.54. The molecule has 1 aromatic carbocycles. The predicted molar refractivity (Wildman–Crippen MR) is 166 cm³/mol. The van der Waals surface area contributed by atoms with Gasteiger partial charge in [-0.15, -0.1) is 0 Å². The summed E-state index contributed by atoms with van der Waals surface area (Å²) < 4.78 is 1.88. The van der Waals surface area contributed by atoms with Crippen LogP contribution < -0.4 is 0 Å². The second kappa shape index (κ2) is 12.6. The lowest BCUT2D eigenvalue weighted by Gasteiger charge is -2.40. The molecule has 2 amide bonds. The summed E-state index contributed by atoms with van der Waals surface area (Å²) in [4.78, 5) is 37.9. The van der Waals surface area contributed by atoms with Crippen LogP contribution in [-0.4, -0.2) is 102 Å². The van der Waals surface area contributed by atoms with Crippen molar-refractivity contribution in [2.75, 3.05) is 39.3 Å². The van der Waals surface area contributed by atoms with Crippen molar-refractivity contribution in [3.63, 3.8) is 0 Å². The number of pyridine rings is 1. The molecule has 2 unspecified atom stereocenters. The molecule has 44 heavy (non-hydrogen) atoms. The van der Waals surface area contributed by atoms with Crippen molar-refractivity contribution in [3.8, 4) is 0 Å². The summed E-state index contributed by atoms with van der Waals surface area (Å²) in [5.41, 5.74) is 3.99. The number of carbonyl (C=O) groups is 2. The van der Waals surface area contributed by atoms with E-state index in [0.29, 0.717) is 39.0 Å².